The molecule has 0 aliphatic carbocycles. The highest BCUT2D eigenvalue weighted by Crippen LogP contribution is 2.31. The molecular formula is C19H33N. The second-order valence-electron chi connectivity index (χ2n) is 8.36. The summed E-state index contributed by atoms with van der Waals surface area (Å²) in [5.74, 6) is 0.693. The van der Waals surface area contributed by atoms with E-state index in [-0.39, 0.29) is 5.54 Å². The van der Waals surface area contributed by atoms with Gasteiger partial charge in [-0.1, -0.05) is 65.0 Å². The van der Waals surface area contributed by atoms with Crippen molar-refractivity contribution in [2.45, 2.75) is 72.9 Å². The van der Waals surface area contributed by atoms with E-state index in [2.05, 4.69) is 84.1 Å². The Bertz CT molecular complexity index is 384. The molecule has 1 aromatic rings. The zero-order chi connectivity index (χ0) is 15.4. The molecule has 1 aromatic carbocycles. The van der Waals surface area contributed by atoms with E-state index in [1.54, 1.807) is 0 Å². The number of benzene rings is 1. The van der Waals surface area contributed by atoms with E-state index in [1.165, 1.54) is 18.4 Å². The van der Waals surface area contributed by atoms with Crippen molar-refractivity contribution >= 4 is 0 Å². The van der Waals surface area contributed by atoms with Gasteiger partial charge in [0.15, 0.2) is 0 Å². The summed E-state index contributed by atoms with van der Waals surface area (Å²) in [6, 6.07) is 11.3. The summed E-state index contributed by atoms with van der Waals surface area (Å²) in [5.41, 5.74) is 1.90. The summed E-state index contributed by atoms with van der Waals surface area (Å²) in [6.07, 6.45) is 2.35. The Hall–Kier alpha value is -0.820. The Morgan fingerprint density at radius 1 is 0.950 bits per heavy atom. The van der Waals surface area contributed by atoms with Crippen LogP contribution in [0.5, 0.6) is 0 Å². The van der Waals surface area contributed by atoms with Crippen LogP contribution in [0.4, 0.5) is 0 Å². The minimum Gasteiger partial charge on any atom is -0.305 e. The molecule has 0 fully saturated rings. The normalized spacial score (nSPS) is 14.6. The number of rotatable bonds is 6. The molecule has 0 aromatic heterocycles. The molecule has 1 atom stereocenters. The molecule has 0 amide bonds. The smallest absolute Gasteiger partial charge is 0.0327 e. The average Bonchev–Trinajstić information content (AvgIpc) is 2.25. The second-order valence-corrected chi connectivity index (χ2v) is 8.36. The van der Waals surface area contributed by atoms with Crippen LogP contribution in [0.25, 0.3) is 0 Å². The molecule has 0 spiro atoms. The summed E-state index contributed by atoms with van der Waals surface area (Å²) >= 11 is 0. The fourth-order valence-corrected chi connectivity index (χ4v) is 3.28. The summed E-state index contributed by atoms with van der Waals surface area (Å²) < 4.78 is 0. The molecule has 1 nitrogen and oxygen atoms in total. The predicted molar refractivity (Wildman–Crippen MR) is 89.9 cm³/mol. The second kappa shape index (κ2) is 6.76. The van der Waals surface area contributed by atoms with Gasteiger partial charge >= 0.3 is 0 Å². The monoisotopic (exact) mass is 275 g/mol. The van der Waals surface area contributed by atoms with Crippen LogP contribution in [0, 0.1) is 11.3 Å². The maximum Gasteiger partial charge on any atom is 0.0327 e. The minimum absolute atomic E-state index is 0.146. The largest absolute Gasteiger partial charge is 0.305 e. The van der Waals surface area contributed by atoms with E-state index in [1.807, 2.05) is 0 Å². The third kappa shape index (κ3) is 6.56. The molecule has 1 N–H and O–H groups in total. The summed E-state index contributed by atoms with van der Waals surface area (Å²) in [5, 5.41) is 3.90. The van der Waals surface area contributed by atoms with Gasteiger partial charge in [-0.15, -0.1) is 0 Å². The SMILES string of the molecule is CC(C)CC(NC(C)(C)CC(C)(C)C)c1ccccc1. The van der Waals surface area contributed by atoms with Gasteiger partial charge in [-0.05, 0) is 43.6 Å². The molecule has 0 bridgehead atoms. The lowest BCUT2D eigenvalue weighted by atomic mass is 9.80. The molecule has 1 unspecified atom stereocenters. The third-order valence-corrected chi connectivity index (χ3v) is 3.45. The molecule has 0 aliphatic rings. The van der Waals surface area contributed by atoms with Crippen molar-refractivity contribution in [1.82, 2.24) is 5.32 Å². The van der Waals surface area contributed by atoms with Crippen molar-refractivity contribution in [1.29, 1.82) is 0 Å². The minimum atomic E-state index is 0.146. The first-order valence-electron chi connectivity index (χ1n) is 7.92. The maximum absolute atomic E-state index is 3.90. The molecule has 0 heterocycles. The van der Waals surface area contributed by atoms with Crippen LogP contribution in [0.15, 0.2) is 30.3 Å². The topological polar surface area (TPSA) is 12.0 Å². The first kappa shape index (κ1) is 17.2. The highest BCUT2D eigenvalue weighted by Gasteiger charge is 2.28. The molecule has 0 aliphatic heterocycles. The average molecular weight is 275 g/mol. The van der Waals surface area contributed by atoms with Gasteiger partial charge < -0.3 is 5.32 Å². The first-order valence-corrected chi connectivity index (χ1v) is 7.92. The number of hydrogen-bond donors (Lipinski definition) is 1. The van der Waals surface area contributed by atoms with Crippen molar-refractivity contribution in [2.75, 3.05) is 0 Å². The predicted octanol–water partition coefficient (Wildman–Crippen LogP) is 5.58. The van der Waals surface area contributed by atoms with E-state index in [0.717, 1.165) is 0 Å². The molecule has 0 saturated heterocycles. The Kier molecular flexibility index (Phi) is 5.82. The molecule has 114 valence electrons. The van der Waals surface area contributed by atoms with E-state index >= 15 is 0 Å². The van der Waals surface area contributed by atoms with Gasteiger partial charge in [0.1, 0.15) is 0 Å². The van der Waals surface area contributed by atoms with Crippen molar-refractivity contribution in [2.24, 2.45) is 11.3 Å². The summed E-state index contributed by atoms with van der Waals surface area (Å²) in [4.78, 5) is 0. The fraction of sp³-hybridized carbons (Fsp3) is 0.684. The molecule has 0 radical (unpaired) electrons. The molecule has 1 rings (SSSR count). The van der Waals surface area contributed by atoms with Crippen molar-refractivity contribution in [3.05, 3.63) is 35.9 Å². The van der Waals surface area contributed by atoms with Gasteiger partial charge in [0, 0.05) is 11.6 Å². The highest BCUT2D eigenvalue weighted by atomic mass is 15.0. The van der Waals surface area contributed by atoms with E-state index in [4.69, 9.17) is 0 Å². The lowest BCUT2D eigenvalue weighted by Gasteiger charge is -2.37. The lowest BCUT2D eigenvalue weighted by Crippen LogP contribution is -2.44. The van der Waals surface area contributed by atoms with Gasteiger partial charge in [-0.25, -0.2) is 0 Å². The summed E-state index contributed by atoms with van der Waals surface area (Å²) in [6.45, 7) is 16.2. The van der Waals surface area contributed by atoms with E-state index in [0.29, 0.717) is 17.4 Å². The Balaban J connectivity index is 2.85. The highest BCUT2D eigenvalue weighted by molar-refractivity contribution is 5.19. The van der Waals surface area contributed by atoms with Crippen LogP contribution in [0.2, 0.25) is 0 Å². The molecule has 1 heteroatoms. The first-order chi connectivity index (χ1) is 9.09. The Labute approximate surface area is 126 Å². The summed E-state index contributed by atoms with van der Waals surface area (Å²) in [7, 11) is 0. The molecular weight excluding hydrogens is 242 g/mol. The van der Waals surface area contributed by atoms with Crippen LogP contribution in [0.1, 0.15) is 72.9 Å². The quantitative estimate of drug-likeness (QED) is 0.714. The maximum atomic E-state index is 3.90. The lowest BCUT2D eigenvalue weighted by molar-refractivity contribution is 0.213. The van der Waals surface area contributed by atoms with Gasteiger partial charge in [0.2, 0.25) is 0 Å². The zero-order valence-electron chi connectivity index (χ0n) is 14.5. The van der Waals surface area contributed by atoms with Crippen molar-refractivity contribution in [3.63, 3.8) is 0 Å². The Morgan fingerprint density at radius 2 is 1.50 bits per heavy atom. The van der Waals surface area contributed by atoms with Gasteiger partial charge in [0.05, 0.1) is 0 Å². The molecule has 20 heavy (non-hydrogen) atoms. The van der Waals surface area contributed by atoms with Gasteiger partial charge in [0.25, 0.3) is 0 Å². The molecule has 0 saturated carbocycles. The number of nitrogens with one attached hydrogen (secondary N) is 1. The zero-order valence-corrected chi connectivity index (χ0v) is 14.5. The van der Waals surface area contributed by atoms with Crippen molar-refractivity contribution in [3.8, 4) is 0 Å². The number of hydrogen-bond acceptors (Lipinski definition) is 1. The van der Waals surface area contributed by atoms with Crippen LogP contribution >= 0.6 is 0 Å². The van der Waals surface area contributed by atoms with Gasteiger partial charge in [-0.2, -0.15) is 0 Å². The van der Waals surface area contributed by atoms with Crippen LogP contribution in [0.3, 0.4) is 0 Å². The van der Waals surface area contributed by atoms with Crippen molar-refractivity contribution < 1.29 is 0 Å². The van der Waals surface area contributed by atoms with Gasteiger partial charge in [-0.3, -0.25) is 0 Å². The van der Waals surface area contributed by atoms with E-state index < -0.39 is 0 Å². The fourth-order valence-electron chi connectivity index (χ4n) is 3.28. The van der Waals surface area contributed by atoms with Crippen LogP contribution in [-0.2, 0) is 0 Å². The van der Waals surface area contributed by atoms with E-state index in [9.17, 15) is 0 Å². The standard InChI is InChI=1S/C19H33N/c1-15(2)13-17(16-11-9-8-10-12-16)20-19(6,7)14-18(3,4)5/h8-12,15,17,20H,13-14H2,1-7H3. The van der Waals surface area contributed by atoms with Crippen LogP contribution in [-0.4, -0.2) is 5.54 Å². The Morgan fingerprint density at radius 3 is 1.95 bits per heavy atom. The van der Waals surface area contributed by atoms with Crippen LogP contribution < -0.4 is 5.32 Å². The third-order valence-electron chi connectivity index (χ3n) is 3.45.